The molecule has 0 atom stereocenters. The van der Waals surface area contributed by atoms with E-state index in [2.05, 4.69) is 28.5 Å². The molecule has 132 valence electrons. The van der Waals surface area contributed by atoms with Crippen LogP contribution in [0, 0.1) is 0 Å². The molecule has 0 N–H and O–H groups in total. The van der Waals surface area contributed by atoms with E-state index in [-0.39, 0.29) is 0 Å². The zero-order chi connectivity index (χ0) is 18.2. The molecule has 3 aromatic heterocycles. The molecule has 0 unspecified atom stereocenters. The Balaban J connectivity index is 1.58. The molecule has 0 aliphatic rings. The Bertz CT molecular complexity index is 1200. The minimum absolute atomic E-state index is 0.674. The second-order valence-corrected chi connectivity index (χ2v) is 6.77. The van der Waals surface area contributed by atoms with Crippen molar-refractivity contribution in [2.75, 3.05) is 0 Å². The van der Waals surface area contributed by atoms with Crippen molar-refractivity contribution in [3.8, 4) is 17.1 Å². The third kappa shape index (κ3) is 2.92. The van der Waals surface area contributed by atoms with Crippen LogP contribution in [0.15, 0.2) is 84.0 Å². The van der Waals surface area contributed by atoms with Crippen molar-refractivity contribution in [1.29, 1.82) is 0 Å². The molecule has 5 nitrogen and oxygen atoms in total. The number of hydrogen-bond acceptors (Lipinski definition) is 3. The smallest absolute Gasteiger partial charge is 0.236 e. The van der Waals surface area contributed by atoms with Gasteiger partial charge in [0, 0.05) is 40.6 Å². The summed E-state index contributed by atoms with van der Waals surface area (Å²) in [6, 6.07) is 17.8. The maximum Gasteiger partial charge on any atom is 0.236 e. The van der Waals surface area contributed by atoms with Gasteiger partial charge in [0.25, 0.3) is 0 Å². The SMILES string of the molecule is Clc1ccc(-c2cc(-n3cc(Cn4ccnc4)c4ccccc43)on2)cc1. The van der Waals surface area contributed by atoms with Gasteiger partial charge in [0.2, 0.25) is 5.88 Å². The lowest BCUT2D eigenvalue weighted by Crippen LogP contribution is -1.95. The molecule has 27 heavy (non-hydrogen) atoms. The maximum absolute atomic E-state index is 5.97. The summed E-state index contributed by atoms with van der Waals surface area (Å²) in [5.41, 5.74) is 4.00. The van der Waals surface area contributed by atoms with Gasteiger partial charge in [0.1, 0.15) is 5.69 Å². The van der Waals surface area contributed by atoms with Crippen molar-refractivity contribution in [2.45, 2.75) is 6.54 Å². The van der Waals surface area contributed by atoms with Gasteiger partial charge in [0.05, 0.1) is 18.4 Å². The Morgan fingerprint density at radius 1 is 1.04 bits per heavy atom. The first kappa shape index (κ1) is 15.9. The van der Waals surface area contributed by atoms with Gasteiger partial charge in [-0.3, -0.25) is 4.57 Å². The number of benzene rings is 2. The molecule has 2 aromatic carbocycles. The van der Waals surface area contributed by atoms with Crippen molar-refractivity contribution in [3.05, 3.63) is 90.1 Å². The van der Waals surface area contributed by atoms with E-state index in [1.54, 1.807) is 6.20 Å². The topological polar surface area (TPSA) is 48.8 Å². The summed E-state index contributed by atoms with van der Waals surface area (Å²) in [6.07, 6.45) is 7.66. The van der Waals surface area contributed by atoms with Crippen molar-refractivity contribution in [2.24, 2.45) is 0 Å². The molecule has 0 fully saturated rings. The van der Waals surface area contributed by atoms with Gasteiger partial charge in [0.15, 0.2) is 0 Å². The van der Waals surface area contributed by atoms with E-state index < -0.39 is 0 Å². The summed E-state index contributed by atoms with van der Waals surface area (Å²) >= 11 is 5.97. The number of halogens is 1. The largest absolute Gasteiger partial charge is 0.337 e. The third-order valence-corrected chi connectivity index (χ3v) is 4.83. The van der Waals surface area contributed by atoms with E-state index >= 15 is 0 Å². The lowest BCUT2D eigenvalue weighted by molar-refractivity contribution is 0.410. The van der Waals surface area contributed by atoms with E-state index in [9.17, 15) is 0 Å². The zero-order valence-corrected chi connectivity index (χ0v) is 15.0. The minimum atomic E-state index is 0.674. The summed E-state index contributed by atoms with van der Waals surface area (Å²) in [7, 11) is 0. The summed E-state index contributed by atoms with van der Waals surface area (Å²) in [5.74, 6) is 0.674. The molecule has 0 saturated carbocycles. The first-order valence-corrected chi connectivity index (χ1v) is 8.93. The standard InChI is InChI=1S/C21H15ClN4O/c22-17-7-5-15(6-8-17)19-11-21(27-24-19)26-13-16(12-25-10-9-23-14-25)18-3-1-2-4-20(18)26/h1-11,13-14H,12H2. The average Bonchev–Trinajstić information content (AvgIpc) is 3.43. The van der Waals surface area contributed by atoms with E-state index in [0.717, 1.165) is 23.3 Å². The maximum atomic E-state index is 5.97. The number of aromatic nitrogens is 4. The lowest BCUT2D eigenvalue weighted by atomic mass is 10.1. The van der Waals surface area contributed by atoms with Crippen LogP contribution in [-0.4, -0.2) is 19.3 Å². The first-order chi connectivity index (χ1) is 13.3. The molecular formula is C21H15ClN4O. The summed E-state index contributed by atoms with van der Waals surface area (Å²) in [4.78, 5) is 4.12. The van der Waals surface area contributed by atoms with Crippen LogP contribution >= 0.6 is 11.6 Å². The van der Waals surface area contributed by atoms with Gasteiger partial charge in [-0.25, -0.2) is 4.98 Å². The highest BCUT2D eigenvalue weighted by molar-refractivity contribution is 6.30. The molecule has 0 radical (unpaired) electrons. The predicted octanol–water partition coefficient (Wildman–Crippen LogP) is 5.18. The minimum Gasteiger partial charge on any atom is -0.337 e. The van der Waals surface area contributed by atoms with Crippen LogP contribution < -0.4 is 0 Å². The second kappa shape index (κ2) is 6.45. The van der Waals surface area contributed by atoms with Crippen molar-refractivity contribution in [3.63, 3.8) is 0 Å². The van der Waals surface area contributed by atoms with Crippen LogP contribution in [0.1, 0.15) is 5.56 Å². The van der Waals surface area contributed by atoms with Gasteiger partial charge in [-0.2, -0.15) is 0 Å². The average molecular weight is 375 g/mol. The Morgan fingerprint density at radius 3 is 2.70 bits per heavy atom. The fraction of sp³-hybridized carbons (Fsp3) is 0.0476. The van der Waals surface area contributed by atoms with Crippen LogP contribution in [0.4, 0.5) is 0 Å². The molecule has 6 heteroatoms. The Labute approximate surface area is 160 Å². The van der Waals surface area contributed by atoms with Crippen molar-refractivity contribution in [1.82, 2.24) is 19.3 Å². The quantitative estimate of drug-likeness (QED) is 0.435. The molecule has 0 saturated heterocycles. The molecule has 0 bridgehead atoms. The normalized spacial score (nSPS) is 11.3. The fourth-order valence-electron chi connectivity index (χ4n) is 3.27. The number of hydrogen-bond donors (Lipinski definition) is 0. The fourth-order valence-corrected chi connectivity index (χ4v) is 3.40. The predicted molar refractivity (Wildman–Crippen MR) is 105 cm³/mol. The van der Waals surface area contributed by atoms with E-state index in [4.69, 9.17) is 16.1 Å². The van der Waals surface area contributed by atoms with Crippen LogP contribution in [0.5, 0.6) is 0 Å². The highest BCUT2D eigenvalue weighted by Crippen LogP contribution is 2.28. The van der Waals surface area contributed by atoms with Gasteiger partial charge in [-0.15, -0.1) is 0 Å². The molecule has 5 rings (SSSR count). The van der Waals surface area contributed by atoms with Crippen LogP contribution in [0.3, 0.4) is 0 Å². The second-order valence-electron chi connectivity index (χ2n) is 6.33. The molecule has 0 aliphatic carbocycles. The number of para-hydroxylation sites is 1. The van der Waals surface area contributed by atoms with Gasteiger partial charge >= 0.3 is 0 Å². The Kier molecular flexibility index (Phi) is 3.80. The number of rotatable bonds is 4. The van der Waals surface area contributed by atoms with Crippen LogP contribution in [0.25, 0.3) is 28.0 Å². The number of imidazole rings is 1. The zero-order valence-electron chi connectivity index (χ0n) is 14.3. The van der Waals surface area contributed by atoms with Gasteiger partial charge in [-0.1, -0.05) is 47.1 Å². The molecule has 0 amide bonds. The summed E-state index contributed by atoms with van der Waals surface area (Å²) in [5, 5.41) is 6.10. The third-order valence-electron chi connectivity index (χ3n) is 4.58. The summed E-state index contributed by atoms with van der Waals surface area (Å²) in [6.45, 7) is 0.742. The van der Waals surface area contributed by atoms with E-state index in [1.807, 2.05) is 64.1 Å². The molecular weight excluding hydrogens is 360 g/mol. The molecule has 0 spiro atoms. The van der Waals surface area contributed by atoms with E-state index in [1.165, 1.54) is 10.9 Å². The molecule has 0 aliphatic heterocycles. The highest BCUT2D eigenvalue weighted by atomic mass is 35.5. The van der Waals surface area contributed by atoms with Gasteiger partial charge < -0.3 is 9.09 Å². The van der Waals surface area contributed by atoms with Gasteiger partial charge in [-0.05, 0) is 23.8 Å². The van der Waals surface area contributed by atoms with E-state index in [0.29, 0.717) is 10.9 Å². The van der Waals surface area contributed by atoms with Crippen LogP contribution in [-0.2, 0) is 6.54 Å². The van der Waals surface area contributed by atoms with Crippen molar-refractivity contribution < 1.29 is 4.52 Å². The molecule has 3 heterocycles. The monoisotopic (exact) mass is 374 g/mol. The number of fused-ring (bicyclic) bond motifs is 1. The van der Waals surface area contributed by atoms with Crippen LogP contribution in [0.2, 0.25) is 5.02 Å². The number of nitrogens with zero attached hydrogens (tertiary/aromatic N) is 4. The Morgan fingerprint density at radius 2 is 1.89 bits per heavy atom. The highest BCUT2D eigenvalue weighted by Gasteiger charge is 2.14. The first-order valence-electron chi connectivity index (χ1n) is 8.56. The summed E-state index contributed by atoms with van der Waals surface area (Å²) < 4.78 is 9.74. The lowest BCUT2D eigenvalue weighted by Gasteiger charge is -1.99. The van der Waals surface area contributed by atoms with Crippen molar-refractivity contribution >= 4 is 22.5 Å². The molecule has 5 aromatic rings. The Hall–Kier alpha value is -3.31.